The van der Waals surface area contributed by atoms with Crippen LogP contribution in [-0.2, 0) is 0 Å². The monoisotopic (exact) mass is 286 g/mol. The van der Waals surface area contributed by atoms with Gasteiger partial charge in [-0.25, -0.2) is 0 Å². The summed E-state index contributed by atoms with van der Waals surface area (Å²) in [6.07, 6.45) is 3.11. The first-order valence-electron chi connectivity index (χ1n) is 6.09. The predicted octanol–water partition coefficient (Wildman–Crippen LogP) is 2.95. The van der Waals surface area contributed by atoms with Crippen LogP contribution in [0.5, 0.6) is 0 Å². The summed E-state index contributed by atoms with van der Waals surface area (Å²) in [6, 6.07) is 5.08. The van der Waals surface area contributed by atoms with Crippen LogP contribution in [0.15, 0.2) is 18.2 Å². The molecule has 0 spiro atoms. The first-order chi connectivity index (χ1) is 8.63. The minimum Gasteiger partial charge on any atom is -0.334 e. The highest BCUT2D eigenvalue weighted by Gasteiger charge is 2.27. The van der Waals surface area contributed by atoms with Crippen molar-refractivity contribution in [3.05, 3.63) is 33.8 Å². The van der Waals surface area contributed by atoms with Gasteiger partial charge in [-0.05, 0) is 37.5 Å². The van der Waals surface area contributed by atoms with Gasteiger partial charge in [0.05, 0.1) is 10.6 Å². The molecule has 1 fully saturated rings. The second-order valence-corrected chi connectivity index (χ2v) is 5.35. The van der Waals surface area contributed by atoms with E-state index in [-0.39, 0.29) is 11.9 Å². The van der Waals surface area contributed by atoms with Crippen LogP contribution < -0.4 is 5.73 Å². The molecule has 0 aromatic heterocycles. The topological polar surface area (TPSA) is 46.3 Å². The zero-order valence-electron chi connectivity index (χ0n) is 10.0. The number of halogens is 2. The number of amides is 1. The maximum Gasteiger partial charge on any atom is 0.255 e. The highest BCUT2D eigenvalue weighted by Crippen LogP contribution is 2.25. The van der Waals surface area contributed by atoms with Crippen molar-refractivity contribution < 1.29 is 4.79 Å². The van der Waals surface area contributed by atoms with Crippen molar-refractivity contribution in [1.29, 1.82) is 0 Å². The summed E-state index contributed by atoms with van der Waals surface area (Å²) in [7, 11) is 0. The lowest BCUT2D eigenvalue weighted by Crippen LogP contribution is -2.47. The van der Waals surface area contributed by atoms with Crippen molar-refractivity contribution >= 4 is 29.1 Å². The highest BCUT2D eigenvalue weighted by molar-refractivity contribution is 6.36. The lowest BCUT2D eigenvalue weighted by atomic mass is 10.0. The van der Waals surface area contributed by atoms with Crippen LogP contribution in [0.4, 0.5) is 0 Å². The third-order valence-corrected chi connectivity index (χ3v) is 3.87. The van der Waals surface area contributed by atoms with Gasteiger partial charge in [0.25, 0.3) is 5.91 Å². The number of likely N-dealkylation sites (tertiary alicyclic amines) is 1. The van der Waals surface area contributed by atoms with E-state index in [0.29, 0.717) is 22.2 Å². The fourth-order valence-corrected chi connectivity index (χ4v) is 2.82. The van der Waals surface area contributed by atoms with Gasteiger partial charge >= 0.3 is 0 Å². The maximum atomic E-state index is 12.4. The molecule has 0 unspecified atom stereocenters. The largest absolute Gasteiger partial charge is 0.334 e. The zero-order valence-corrected chi connectivity index (χ0v) is 11.5. The second-order valence-electron chi connectivity index (χ2n) is 4.51. The van der Waals surface area contributed by atoms with E-state index in [1.165, 1.54) is 0 Å². The van der Waals surface area contributed by atoms with Gasteiger partial charge in [-0.2, -0.15) is 0 Å². The number of carbonyl (C=O) groups is 1. The average Bonchev–Trinajstić information content (AvgIpc) is 2.38. The molecule has 98 valence electrons. The minimum atomic E-state index is -0.0492. The van der Waals surface area contributed by atoms with Crippen molar-refractivity contribution in [3.63, 3.8) is 0 Å². The smallest absolute Gasteiger partial charge is 0.255 e. The van der Waals surface area contributed by atoms with Crippen molar-refractivity contribution in [1.82, 2.24) is 4.90 Å². The number of nitrogens with zero attached hydrogens (tertiary/aromatic N) is 1. The van der Waals surface area contributed by atoms with Crippen LogP contribution in [0.1, 0.15) is 29.6 Å². The number of rotatable bonds is 2. The van der Waals surface area contributed by atoms with E-state index in [0.717, 1.165) is 25.8 Å². The molecule has 1 aliphatic heterocycles. The van der Waals surface area contributed by atoms with Gasteiger partial charge in [-0.15, -0.1) is 0 Å². The lowest BCUT2D eigenvalue weighted by molar-refractivity contribution is 0.0623. The molecule has 0 aliphatic carbocycles. The fraction of sp³-hybridized carbons (Fsp3) is 0.462. The van der Waals surface area contributed by atoms with E-state index in [2.05, 4.69) is 0 Å². The molecule has 1 aromatic rings. The third kappa shape index (κ3) is 2.79. The molecule has 1 heterocycles. The van der Waals surface area contributed by atoms with Crippen LogP contribution in [0.25, 0.3) is 0 Å². The Hall–Kier alpha value is -0.770. The Kier molecular flexibility index (Phi) is 4.49. The number of hydrogen-bond donors (Lipinski definition) is 1. The van der Waals surface area contributed by atoms with Gasteiger partial charge in [0.1, 0.15) is 0 Å². The number of benzene rings is 1. The van der Waals surface area contributed by atoms with E-state index in [1.807, 2.05) is 4.90 Å². The Morgan fingerprint density at radius 2 is 2.17 bits per heavy atom. The summed E-state index contributed by atoms with van der Waals surface area (Å²) < 4.78 is 0. The second kappa shape index (κ2) is 5.91. The van der Waals surface area contributed by atoms with Gasteiger partial charge in [0.2, 0.25) is 0 Å². The molecular formula is C13H16Cl2N2O. The first-order valence-corrected chi connectivity index (χ1v) is 6.85. The number of hydrogen-bond acceptors (Lipinski definition) is 2. The molecule has 1 saturated heterocycles. The van der Waals surface area contributed by atoms with E-state index in [4.69, 9.17) is 28.9 Å². The zero-order chi connectivity index (χ0) is 13.1. The molecule has 0 bridgehead atoms. The average molecular weight is 287 g/mol. The summed E-state index contributed by atoms with van der Waals surface area (Å²) in [4.78, 5) is 14.3. The van der Waals surface area contributed by atoms with Crippen LogP contribution in [0.3, 0.4) is 0 Å². The van der Waals surface area contributed by atoms with Gasteiger partial charge in [0, 0.05) is 24.2 Å². The van der Waals surface area contributed by atoms with E-state index >= 15 is 0 Å². The summed E-state index contributed by atoms with van der Waals surface area (Å²) in [5.41, 5.74) is 6.23. The third-order valence-electron chi connectivity index (χ3n) is 3.32. The summed E-state index contributed by atoms with van der Waals surface area (Å²) >= 11 is 11.9. The highest BCUT2D eigenvalue weighted by atomic mass is 35.5. The molecule has 1 atom stereocenters. The Morgan fingerprint density at radius 3 is 2.83 bits per heavy atom. The summed E-state index contributed by atoms with van der Waals surface area (Å²) in [5.74, 6) is -0.0492. The van der Waals surface area contributed by atoms with Gasteiger partial charge < -0.3 is 10.6 Å². The summed E-state index contributed by atoms with van der Waals surface area (Å²) in [5, 5.41) is 0.930. The van der Waals surface area contributed by atoms with Crippen LogP contribution in [-0.4, -0.2) is 29.9 Å². The Bertz CT molecular complexity index is 451. The van der Waals surface area contributed by atoms with Gasteiger partial charge in [-0.3, -0.25) is 4.79 Å². The molecule has 5 heteroatoms. The van der Waals surface area contributed by atoms with Crippen molar-refractivity contribution in [3.8, 4) is 0 Å². The Morgan fingerprint density at radius 1 is 1.39 bits per heavy atom. The number of carbonyl (C=O) groups excluding carboxylic acids is 1. The molecule has 3 nitrogen and oxygen atoms in total. The van der Waals surface area contributed by atoms with E-state index < -0.39 is 0 Å². The summed E-state index contributed by atoms with van der Waals surface area (Å²) in [6.45, 7) is 1.25. The van der Waals surface area contributed by atoms with Crippen LogP contribution in [0.2, 0.25) is 10.0 Å². The Labute approximate surface area is 117 Å². The van der Waals surface area contributed by atoms with Crippen LogP contribution >= 0.6 is 23.2 Å². The molecule has 1 aromatic carbocycles. The number of nitrogens with two attached hydrogens (primary N) is 1. The van der Waals surface area contributed by atoms with Gasteiger partial charge in [0.15, 0.2) is 0 Å². The van der Waals surface area contributed by atoms with Crippen molar-refractivity contribution in [2.75, 3.05) is 13.1 Å². The molecule has 2 rings (SSSR count). The molecule has 18 heavy (non-hydrogen) atoms. The SMILES string of the molecule is NC[C@H]1CCCCN1C(=O)c1ccc(Cl)cc1Cl. The van der Waals surface area contributed by atoms with E-state index in [1.54, 1.807) is 18.2 Å². The quantitative estimate of drug-likeness (QED) is 0.909. The van der Waals surface area contributed by atoms with E-state index in [9.17, 15) is 4.79 Å². The van der Waals surface area contributed by atoms with Crippen LogP contribution in [0, 0.1) is 0 Å². The normalized spacial score (nSPS) is 19.9. The van der Waals surface area contributed by atoms with Crippen molar-refractivity contribution in [2.45, 2.75) is 25.3 Å². The molecule has 1 amide bonds. The molecule has 2 N–H and O–H groups in total. The maximum absolute atomic E-state index is 12.4. The fourth-order valence-electron chi connectivity index (χ4n) is 2.33. The Balaban J connectivity index is 2.24. The lowest BCUT2D eigenvalue weighted by Gasteiger charge is -2.35. The van der Waals surface area contributed by atoms with Crippen molar-refractivity contribution in [2.24, 2.45) is 5.73 Å². The molecule has 0 radical (unpaired) electrons. The molecule has 1 aliphatic rings. The van der Waals surface area contributed by atoms with Gasteiger partial charge in [-0.1, -0.05) is 23.2 Å². The molecular weight excluding hydrogens is 271 g/mol. The number of piperidine rings is 1. The minimum absolute atomic E-state index is 0.0492. The predicted molar refractivity (Wildman–Crippen MR) is 74.2 cm³/mol. The standard InChI is InChI=1S/C13H16Cl2N2O/c14-9-4-5-11(12(15)7-9)13(18)17-6-2-1-3-10(17)8-16/h4-5,7,10H,1-3,6,8,16H2/t10-/m1/s1. The molecule has 0 saturated carbocycles. The first kappa shape index (κ1) is 13.7.